The summed E-state index contributed by atoms with van der Waals surface area (Å²) in [6.07, 6.45) is 7.31. The highest BCUT2D eigenvalue weighted by atomic mass is 16.5. The highest BCUT2D eigenvalue weighted by Crippen LogP contribution is 2.34. The van der Waals surface area contributed by atoms with Gasteiger partial charge in [-0.25, -0.2) is 0 Å². The van der Waals surface area contributed by atoms with Crippen molar-refractivity contribution in [2.75, 3.05) is 26.8 Å². The lowest BCUT2D eigenvalue weighted by Gasteiger charge is -2.40. The second kappa shape index (κ2) is 8.48. The summed E-state index contributed by atoms with van der Waals surface area (Å²) in [6, 6.07) is 0. The van der Waals surface area contributed by atoms with Crippen LogP contribution in [0.4, 0.5) is 0 Å². The lowest BCUT2D eigenvalue weighted by Crippen LogP contribution is -2.48. The average molecular weight is 257 g/mol. The number of carbonyl (C=O) groups is 1. The first-order chi connectivity index (χ1) is 8.72. The largest absolute Gasteiger partial charge is 0.466 e. The number of carbonyl (C=O) groups excluding carboxylic acids is 1. The van der Waals surface area contributed by atoms with E-state index in [0.717, 1.165) is 32.4 Å². The Bertz CT molecular complexity index is 234. The Morgan fingerprint density at radius 2 is 2.06 bits per heavy atom. The summed E-state index contributed by atoms with van der Waals surface area (Å²) in [5.74, 6) is -0.0711. The van der Waals surface area contributed by atoms with Gasteiger partial charge in [-0.1, -0.05) is 6.42 Å². The van der Waals surface area contributed by atoms with E-state index in [1.165, 1.54) is 19.3 Å². The minimum atomic E-state index is -0.0711. The number of hydrogen-bond acceptors (Lipinski definition) is 4. The number of rotatable bonds is 10. The average Bonchev–Trinajstić information content (AvgIpc) is 2.31. The van der Waals surface area contributed by atoms with Crippen LogP contribution in [0, 0.1) is 0 Å². The molecule has 0 saturated heterocycles. The molecule has 0 aromatic heterocycles. The van der Waals surface area contributed by atoms with E-state index in [1.807, 2.05) is 6.92 Å². The monoisotopic (exact) mass is 257 g/mol. The number of unbranched alkanes of at least 4 members (excludes halogenated alkanes) is 2. The van der Waals surface area contributed by atoms with Crippen LogP contribution in [-0.2, 0) is 14.3 Å². The molecule has 1 saturated carbocycles. The molecular weight excluding hydrogens is 230 g/mol. The third kappa shape index (κ3) is 5.36. The van der Waals surface area contributed by atoms with Gasteiger partial charge in [0.1, 0.15) is 0 Å². The summed E-state index contributed by atoms with van der Waals surface area (Å²) < 4.78 is 10.4. The minimum Gasteiger partial charge on any atom is -0.466 e. The first-order valence-electron chi connectivity index (χ1n) is 7.14. The van der Waals surface area contributed by atoms with Crippen LogP contribution in [0.15, 0.2) is 0 Å². The molecule has 106 valence electrons. The van der Waals surface area contributed by atoms with E-state index in [9.17, 15) is 4.79 Å². The molecule has 0 aliphatic heterocycles. The normalized spacial score (nSPS) is 17.2. The number of hydrogen-bond donors (Lipinski definition) is 1. The lowest BCUT2D eigenvalue weighted by atomic mass is 9.80. The van der Waals surface area contributed by atoms with E-state index < -0.39 is 0 Å². The molecule has 1 aliphatic carbocycles. The third-order valence-electron chi connectivity index (χ3n) is 3.68. The van der Waals surface area contributed by atoms with E-state index in [1.54, 1.807) is 7.11 Å². The van der Waals surface area contributed by atoms with Gasteiger partial charge in [0.2, 0.25) is 0 Å². The molecule has 1 rings (SSSR count). The molecule has 0 unspecified atom stereocenters. The van der Waals surface area contributed by atoms with Crippen molar-refractivity contribution in [2.45, 2.75) is 57.5 Å². The van der Waals surface area contributed by atoms with Gasteiger partial charge in [-0.05, 0) is 45.6 Å². The molecule has 4 heteroatoms. The van der Waals surface area contributed by atoms with E-state index in [-0.39, 0.29) is 11.6 Å². The van der Waals surface area contributed by atoms with Crippen molar-refractivity contribution in [1.82, 2.24) is 5.32 Å². The molecule has 0 spiro atoms. The fourth-order valence-electron chi connectivity index (χ4n) is 2.27. The smallest absolute Gasteiger partial charge is 0.305 e. The van der Waals surface area contributed by atoms with Crippen LogP contribution in [0.5, 0.6) is 0 Å². The Balaban J connectivity index is 1.88. The van der Waals surface area contributed by atoms with Crippen molar-refractivity contribution in [3.63, 3.8) is 0 Å². The van der Waals surface area contributed by atoms with Gasteiger partial charge >= 0.3 is 5.97 Å². The minimum absolute atomic E-state index is 0.0711. The van der Waals surface area contributed by atoms with Gasteiger partial charge in [0.15, 0.2) is 0 Å². The molecule has 1 N–H and O–H groups in total. The molecule has 1 fully saturated rings. The Labute approximate surface area is 110 Å². The molecule has 0 radical (unpaired) electrons. The van der Waals surface area contributed by atoms with E-state index in [4.69, 9.17) is 9.47 Å². The molecule has 0 heterocycles. The predicted octanol–water partition coefficient (Wildman–Crippen LogP) is 2.27. The van der Waals surface area contributed by atoms with Crippen molar-refractivity contribution >= 4 is 5.97 Å². The maximum Gasteiger partial charge on any atom is 0.305 e. The highest BCUT2D eigenvalue weighted by molar-refractivity contribution is 5.69. The van der Waals surface area contributed by atoms with Crippen molar-refractivity contribution < 1.29 is 14.3 Å². The van der Waals surface area contributed by atoms with Crippen LogP contribution in [0.3, 0.4) is 0 Å². The first kappa shape index (κ1) is 15.4. The van der Waals surface area contributed by atoms with Gasteiger partial charge in [-0.2, -0.15) is 0 Å². The molecule has 4 nitrogen and oxygen atoms in total. The van der Waals surface area contributed by atoms with Gasteiger partial charge < -0.3 is 14.8 Å². The number of esters is 1. The molecule has 0 atom stereocenters. The van der Waals surface area contributed by atoms with Crippen molar-refractivity contribution in [2.24, 2.45) is 0 Å². The summed E-state index contributed by atoms with van der Waals surface area (Å²) in [5.41, 5.74) is 0.116. The number of nitrogens with one attached hydrogen (secondary N) is 1. The molecule has 1 aliphatic rings. The summed E-state index contributed by atoms with van der Waals surface area (Å²) in [5, 5.41) is 3.45. The quantitative estimate of drug-likeness (QED) is 0.482. The first-order valence-corrected chi connectivity index (χ1v) is 7.14. The Hall–Kier alpha value is -0.610. The number of methoxy groups -OCH3 is 1. The van der Waals surface area contributed by atoms with E-state index in [2.05, 4.69) is 5.32 Å². The van der Waals surface area contributed by atoms with Crippen molar-refractivity contribution in [3.05, 3.63) is 0 Å². The van der Waals surface area contributed by atoms with Gasteiger partial charge in [0, 0.05) is 20.1 Å². The SMILES string of the molecule is CCOC(=O)CCCCCNCC1(OC)CCC1. The summed E-state index contributed by atoms with van der Waals surface area (Å²) in [7, 11) is 1.81. The summed E-state index contributed by atoms with van der Waals surface area (Å²) in [6.45, 7) is 4.29. The second-order valence-corrected chi connectivity index (χ2v) is 5.03. The van der Waals surface area contributed by atoms with Crippen LogP contribution in [0.25, 0.3) is 0 Å². The summed E-state index contributed by atoms with van der Waals surface area (Å²) in [4.78, 5) is 11.1. The van der Waals surface area contributed by atoms with Crippen LogP contribution in [0.2, 0.25) is 0 Å². The zero-order valence-electron chi connectivity index (χ0n) is 11.8. The molecule has 0 amide bonds. The Morgan fingerprint density at radius 1 is 1.28 bits per heavy atom. The molecule has 0 aromatic carbocycles. The standard InChI is InChI=1S/C14H27NO3/c1-3-18-13(16)8-5-4-6-11-15-12-14(17-2)9-7-10-14/h15H,3-12H2,1-2H3. The highest BCUT2D eigenvalue weighted by Gasteiger charge is 2.36. The zero-order valence-corrected chi connectivity index (χ0v) is 11.8. The maximum absolute atomic E-state index is 11.1. The topological polar surface area (TPSA) is 47.6 Å². The zero-order chi connectivity index (χ0) is 13.3. The van der Waals surface area contributed by atoms with Crippen LogP contribution in [0.1, 0.15) is 51.9 Å². The fourth-order valence-corrected chi connectivity index (χ4v) is 2.27. The Kier molecular flexibility index (Phi) is 7.28. The van der Waals surface area contributed by atoms with Crippen molar-refractivity contribution in [1.29, 1.82) is 0 Å². The molecule has 0 bridgehead atoms. The third-order valence-corrected chi connectivity index (χ3v) is 3.68. The van der Waals surface area contributed by atoms with Crippen LogP contribution in [-0.4, -0.2) is 38.4 Å². The van der Waals surface area contributed by atoms with Gasteiger partial charge in [-0.15, -0.1) is 0 Å². The molecular formula is C14H27NO3. The molecule has 0 aromatic rings. The second-order valence-electron chi connectivity index (χ2n) is 5.03. The predicted molar refractivity (Wildman–Crippen MR) is 71.6 cm³/mol. The van der Waals surface area contributed by atoms with Gasteiger partial charge in [-0.3, -0.25) is 4.79 Å². The molecule has 18 heavy (non-hydrogen) atoms. The van der Waals surface area contributed by atoms with Crippen molar-refractivity contribution in [3.8, 4) is 0 Å². The summed E-state index contributed by atoms with van der Waals surface area (Å²) >= 11 is 0. The Morgan fingerprint density at radius 3 is 2.61 bits per heavy atom. The fraction of sp³-hybridized carbons (Fsp3) is 0.929. The van der Waals surface area contributed by atoms with Gasteiger partial charge in [0.25, 0.3) is 0 Å². The maximum atomic E-state index is 11.1. The van der Waals surface area contributed by atoms with Crippen LogP contribution < -0.4 is 5.32 Å². The number of ether oxygens (including phenoxy) is 2. The van der Waals surface area contributed by atoms with Gasteiger partial charge in [0.05, 0.1) is 12.2 Å². The van der Waals surface area contributed by atoms with E-state index >= 15 is 0 Å². The van der Waals surface area contributed by atoms with Crippen LogP contribution >= 0.6 is 0 Å². The van der Waals surface area contributed by atoms with E-state index in [0.29, 0.717) is 13.0 Å². The lowest BCUT2D eigenvalue weighted by molar-refractivity contribution is -0.143.